The minimum absolute atomic E-state index is 0.0861. The van der Waals surface area contributed by atoms with Crippen LogP contribution in [0.15, 0.2) is 50.9 Å². The zero-order valence-corrected chi connectivity index (χ0v) is 14.5. The largest absolute Gasteiger partial charge is 0.496 e. The van der Waals surface area contributed by atoms with Gasteiger partial charge in [-0.2, -0.15) is 0 Å². The molecule has 23 heavy (non-hydrogen) atoms. The topological polar surface area (TPSA) is 61.6 Å². The van der Waals surface area contributed by atoms with Gasteiger partial charge in [0.15, 0.2) is 4.67 Å². The summed E-state index contributed by atoms with van der Waals surface area (Å²) in [5.74, 6) is 0.380. The van der Waals surface area contributed by atoms with Crippen LogP contribution in [0.1, 0.15) is 16.2 Å². The Balaban J connectivity index is 1.69. The smallest absolute Gasteiger partial charge is 0.374 e. The van der Waals surface area contributed by atoms with Gasteiger partial charge < -0.3 is 13.9 Å². The molecule has 0 atom stereocenters. The number of rotatable bonds is 5. The summed E-state index contributed by atoms with van der Waals surface area (Å²) < 4.78 is 16.2. The van der Waals surface area contributed by atoms with Gasteiger partial charge in [-0.15, -0.1) is 11.3 Å². The summed E-state index contributed by atoms with van der Waals surface area (Å²) in [6, 6.07) is 10.8. The van der Waals surface area contributed by atoms with Crippen molar-refractivity contribution < 1.29 is 18.7 Å². The van der Waals surface area contributed by atoms with Crippen LogP contribution >= 0.6 is 27.3 Å². The first-order chi connectivity index (χ1) is 11.2. The van der Waals surface area contributed by atoms with Crippen LogP contribution in [-0.4, -0.2) is 18.1 Å². The fraction of sp³-hybridized carbons (Fsp3) is 0.125. The number of thiazole rings is 1. The van der Waals surface area contributed by atoms with E-state index in [4.69, 9.17) is 13.9 Å². The van der Waals surface area contributed by atoms with Gasteiger partial charge in [0.25, 0.3) is 0 Å². The number of carbonyl (C=O) groups is 1. The molecular weight excluding hydrogens is 382 g/mol. The number of ether oxygens (including phenoxy) is 2. The average molecular weight is 394 g/mol. The number of hydrogen-bond donors (Lipinski definition) is 0. The summed E-state index contributed by atoms with van der Waals surface area (Å²) in [4.78, 5) is 16.3. The lowest BCUT2D eigenvalue weighted by Gasteiger charge is -2.04. The van der Waals surface area contributed by atoms with Crippen molar-refractivity contribution in [2.24, 2.45) is 0 Å². The Morgan fingerprint density at radius 3 is 2.87 bits per heavy atom. The number of halogens is 1. The molecule has 0 aliphatic rings. The molecule has 5 nitrogen and oxygen atoms in total. The van der Waals surface area contributed by atoms with Gasteiger partial charge in [-0.1, -0.05) is 12.1 Å². The molecule has 0 aliphatic carbocycles. The highest BCUT2D eigenvalue weighted by molar-refractivity contribution is 9.10. The van der Waals surface area contributed by atoms with E-state index in [-0.39, 0.29) is 12.4 Å². The molecular formula is C16H12BrNO4S. The molecule has 0 fully saturated rings. The predicted molar refractivity (Wildman–Crippen MR) is 89.6 cm³/mol. The van der Waals surface area contributed by atoms with E-state index in [9.17, 15) is 4.79 Å². The number of furan rings is 1. The number of aromatic nitrogens is 1. The number of carbonyl (C=O) groups excluding carboxylic acids is 1. The van der Waals surface area contributed by atoms with Crippen molar-refractivity contribution in [1.29, 1.82) is 0 Å². The predicted octanol–water partition coefficient (Wildman–Crippen LogP) is 4.53. The lowest BCUT2D eigenvalue weighted by atomic mass is 10.2. The molecule has 0 saturated heterocycles. The van der Waals surface area contributed by atoms with Crippen molar-refractivity contribution >= 4 is 33.2 Å². The van der Waals surface area contributed by atoms with Crippen LogP contribution in [-0.2, 0) is 11.3 Å². The monoisotopic (exact) mass is 393 g/mol. The highest BCUT2D eigenvalue weighted by atomic mass is 79.9. The number of benzene rings is 1. The number of methoxy groups -OCH3 is 1. The number of para-hydroxylation sites is 1. The van der Waals surface area contributed by atoms with Gasteiger partial charge in [0.1, 0.15) is 17.4 Å². The van der Waals surface area contributed by atoms with E-state index < -0.39 is 5.97 Å². The second-order valence-corrected chi connectivity index (χ2v) is 6.16. The third-order valence-electron chi connectivity index (χ3n) is 3.01. The molecule has 0 aliphatic heterocycles. The van der Waals surface area contributed by atoms with Crippen LogP contribution in [0.4, 0.5) is 0 Å². The van der Waals surface area contributed by atoms with E-state index in [2.05, 4.69) is 20.9 Å². The number of hydrogen-bond acceptors (Lipinski definition) is 6. The Morgan fingerprint density at radius 1 is 1.30 bits per heavy atom. The van der Waals surface area contributed by atoms with Crippen LogP contribution in [0.25, 0.3) is 10.6 Å². The van der Waals surface area contributed by atoms with Crippen molar-refractivity contribution in [3.63, 3.8) is 0 Å². The number of nitrogens with zero attached hydrogens (tertiary/aromatic N) is 1. The summed E-state index contributed by atoms with van der Waals surface area (Å²) >= 11 is 4.61. The Morgan fingerprint density at radius 2 is 2.13 bits per heavy atom. The van der Waals surface area contributed by atoms with E-state index in [1.165, 1.54) is 11.3 Å². The first-order valence-corrected chi connectivity index (χ1v) is 8.35. The second-order valence-electron chi connectivity index (χ2n) is 4.52. The average Bonchev–Trinajstić information content (AvgIpc) is 3.21. The zero-order valence-electron chi connectivity index (χ0n) is 12.1. The standard InChI is InChI=1S/C16H12BrNO4S/c1-20-12-5-3-2-4-11(12)15-18-10(9-23-15)8-21-16(19)13-6-7-14(17)22-13/h2-7,9H,8H2,1H3. The van der Waals surface area contributed by atoms with Crippen molar-refractivity contribution in [2.45, 2.75) is 6.61 Å². The van der Waals surface area contributed by atoms with Crippen molar-refractivity contribution in [3.05, 3.63) is 57.9 Å². The molecule has 0 saturated carbocycles. The molecule has 0 amide bonds. The molecule has 0 bridgehead atoms. The Kier molecular flexibility index (Phi) is 4.78. The third-order valence-corrected chi connectivity index (χ3v) is 4.37. The molecule has 3 rings (SSSR count). The second kappa shape index (κ2) is 6.97. The van der Waals surface area contributed by atoms with Crippen molar-refractivity contribution in [1.82, 2.24) is 4.98 Å². The maximum absolute atomic E-state index is 11.8. The molecule has 7 heteroatoms. The summed E-state index contributed by atoms with van der Waals surface area (Å²) in [5.41, 5.74) is 1.59. The molecule has 0 spiro atoms. The van der Waals surface area contributed by atoms with Gasteiger partial charge in [0.05, 0.1) is 18.4 Å². The summed E-state index contributed by atoms with van der Waals surface area (Å²) in [6.45, 7) is 0.0861. The van der Waals surface area contributed by atoms with Gasteiger partial charge in [-0.25, -0.2) is 9.78 Å². The highest BCUT2D eigenvalue weighted by Gasteiger charge is 2.14. The maximum Gasteiger partial charge on any atom is 0.374 e. The summed E-state index contributed by atoms with van der Waals surface area (Å²) in [7, 11) is 1.62. The van der Waals surface area contributed by atoms with E-state index in [1.54, 1.807) is 19.2 Å². The molecule has 1 aromatic carbocycles. The molecule has 3 aromatic rings. The molecule has 2 heterocycles. The fourth-order valence-corrected chi connectivity index (χ4v) is 3.09. The Bertz CT molecular complexity index is 827. The van der Waals surface area contributed by atoms with Gasteiger partial charge >= 0.3 is 5.97 Å². The lowest BCUT2D eigenvalue weighted by Crippen LogP contribution is -2.04. The summed E-state index contributed by atoms with van der Waals surface area (Å²) in [6.07, 6.45) is 0. The maximum atomic E-state index is 11.8. The Labute approximate surface area is 145 Å². The van der Waals surface area contributed by atoms with Crippen molar-refractivity contribution in [2.75, 3.05) is 7.11 Å². The van der Waals surface area contributed by atoms with E-state index >= 15 is 0 Å². The van der Waals surface area contributed by atoms with Crippen LogP contribution in [0.3, 0.4) is 0 Å². The van der Waals surface area contributed by atoms with Crippen LogP contribution < -0.4 is 4.74 Å². The molecule has 0 N–H and O–H groups in total. The van der Waals surface area contributed by atoms with E-state index in [1.807, 2.05) is 29.6 Å². The normalized spacial score (nSPS) is 10.5. The lowest BCUT2D eigenvalue weighted by molar-refractivity contribution is 0.0430. The molecule has 0 unspecified atom stereocenters. The van der Waals surface area contributed by atoms with Gasteiger partial charge in [-0.05, 0) is 40.2 Å². The minimum atomic E-state index is -0.525. The Hall–Kier alpha value is -2.12. The fourth-order valence-electron chi connectivity index (χ4n) is 1.95. The molecule has 118 valence electrons. The third kappa shape index (κ3) is 3.62. The van der Waals surface area contributed by atoms with Crippen molar-refractivity contribution in [3.8, 4) is 16.3 Å². The van der Waals surface area contributed by atoms with Gasteiger partial charge in [0, 0.05) is 5.38 Å². The quantitative estimate of drug-likeness (QED) is 0.595. The SMILES string of the molecule is COc1ccccc1-c1nc(COC(=O)c2ccc(Br)o2)cs1. The first kappa shape index (κ1) is 15.8. The minimum Gasteiger partial charge on any atom is -0.496 e. The van der Waals surface area contributed by atoms with Crippen LogP contribution in [0, 0.1) is 0 Å². The molecule has 2 aromatic heterocycles. The first-order valence-electron chi connectivity index (χ1n) is 6.67. The van der Waals surface area contributed by atoms with E-state index in [0.717, 1.165) is 16.3 Å². The summed E-state index contributed by atoms with van der Waals surface area (Å²) in [5, 5.41) is 2.67. The van der Waals surface area contributed by atoms with Crippen LogP contribution in [0.5, 0.6) is 5.75 Å². The zero-order chi connectivity index (χ0) is 16.2. The number of esters is 1. The van der Waals surface area contributed by atoms with Gasteiger partial charge in [-0.3, -0.25) is 0 Å². The van der Waals surface area contributed by atoms with E-state index in [0.29, 0.717) is 10.4 Å². The molecule has 0 radical (unpaired) electrons. The van der Waals surface area contributed by atoms with Crippen LogP contribution in [0.2, 0.25) is 0 Å². The van der Waals surface area contributed by atoms with Gasteiger partial charge in [0.2, 0.25) is 5.76 Å². The highest BCUT2D eigenvalue weighted by Crippen LogP contribution is 2.32.